The molecule has 11 heteroatoms. The maximum atomic E-state index is 14.3. The SMILES string of the molecule is CC1CC2(CCCN3CC2n2cc(C(N)=O)c(=O)cc2C3=O)ON1Cc1c(F)cc(F)cc1F. The van der Waals surface area contributed by atoms with Crippen LogP contribution in [0.3, 0.4) is 0 Å². The average molecular weight is 476 g/mol. The van der Waals surface area contributed by atoms with Crippen LogP contribution in [0.4, 0.5) is 13.2 Å². The largest absolute Gasteiger partial charge is 0.365 e. The van der Waals surface area contributed by atoms with Crippen LogP contribution in [0.5, 0.6) is 0 Å². The van der Waals surface area contributed by atoms with Crippen LogP contribution in [0.1, 0.15) is 58.6 Å². The Kier molecular flexibility index (Phi) is 5.28. The Morgan fingerprint density at radius 1 is 1.21 bits per heavy atom. The van der Waals surface area contributed by atoms with Crippen molar-refractivity contribution in [2.45, 2.75) is 50.4 Å². The molecule has 2 bridgehead atoms. The summed E-state index contributed by atoms with van der Waals surface area (Å²) in [6, 6.07) is 1.66. The predicted molar refractivity (Wildman–Crippen MR) is 113 cm³/mol. The first-order chi connectivity index (χ1) is 16.1. The molecule has 3 unspecified atom stereocenters. The number of carbonyl (C=O) groups is 2. The summed E-state index contributed by atoms with van der Waals surface area (Å²) in [7, 11) is 0. The molecule has 2 fully saturated rings. The third-order valence-corrected chi connectivity index (χ3v) is 7.07. The summed E-state index contributed by atoms with van der Waals surface area (Å²) in [4.78, 5) is 45.2. The van der Waals surface area contributed by atoms with Gasteiger partial charge in [0.1, 0.15) is 34.3 Å². The topological polar surface area (TPSA) is 97.9 Å². The minimum Gasteiger partial charge on any atom is -0.365 e. The highest BCUT2D eigenvalue weighted by Gasteiger charge is 2.54. The first-order valence-corrected chi connectivity index (χ1v) is 11.0. The molecule has 34 heavy (non-hydrogen) atoms. The smallest absolute Gasteiger partial charge is 0.270 e. The van der Waals surface area contributed by atoms with E-state index in [0.29, 0.717) is 37.9 Å². The highest BCUT2D eigenvalue weighted by atomic mass is 19.1. The molecule has 5 rings (SSSR count). The van der Waals surface area contributed by atoms with Gasteiger partial charge >= 0.3 is 0 Å². The fraction of sp³-hybridized carbons (Fsp3) is 0.435. The molecule has 2 amide bonds. The Labute approximate surface area is 192 Å². The van der Waals surface area contributed by atoms with Crippen molar-refractivity contribution in [3.8, 4) is 0 Å². The molecule has 1 aromatic carbocycles. The number of carbonyl (C=O) groups excluding carboxylic acids is 2. The van der Waals surface area contributed by atoms with E-state index in [1.54, 1.807) is 9.47 Å². The molecule has 8 nitrogen and oxygen atoms in total. The number of benzene rings is 1. The van der Waals surface area contributed by atoms with Crippen molar-refractivity contribution >= 4 is 11.8 Å². The fourth-order valence-corrected chi connectivity index (χ4v) is 5.43. The van der Waals surface area contributed by atoms with E-state index < -0.39 is 40.4 Å². The zero-order valence-corrected chi connectivity index (χ0v) is 18.4. The third-order valence-electron chi connectivity index (χ3n) is 7.07. The molecular formula is C23H23F3N4O4. The minimum absolute atomic E-state index is 0.137. The fourth-order valence-electron chi connectivity index (χ4n) is 5.43. The number of pyridine rings is 1. The lowest BCUT2D eigenvalue weighted by molar-refractivity contribution is -0.226. The highest BCUT2D eigenvalue weighted by Crippen LogP contribution is 2.47. The molecule has 0 radical (unpaired) electrons. The summed E-state index contributed by atoms with van der Waals surface area (Å²) < 4.78 is 43.5. The summed E-state index contributed by atoms with van der Waals surface area (Å²) in [5, 5.41) is 1.47. The second-order valence-electron chi connectivity index (χ2n) is 9.21. The summed E-state index contributed by atoms with van der Waals surface area (Å²) in [6.45, 7) is 2.36. The van der Waals surface area contributed by atoms with Crippen molar-refractivity contribution in [3.63, 3.8) is 0 Å². The molecule has 3 aliphatic rings. The van der Waals surface area contributed by atoms with Crippen LogP contribution in [0, 0.1) is 17.5 Å². The molecule has 1 spiro atoms. The number of fused-ring (bicyclic) bond motifs is 5. The van der Waals surface area contributed by atoms with Gasteiger partial charge in [-0.15, -0.1) is 0 Å². The molecule has 2 aromatic rings. The summed E-state index contributed by atoms with van der Waals surface area (Å²) >= 11 is 0. The van der Waals surface area contributed by atoms with Crippen LogP contribution in [-0.2, 0) is 11.4 Å². The van der Waals surface area contributed by atoms with Crippen LogP contribution >= 0.6 is 0 Å². The van der Waals surface area contributed by atoms with Crippen LogP contribution in [-0.4, -0.2) is 51.1 Å². The number of primary amides is 1. The Hall–Kier alpha value is -3.18. The van der Waals surface area contributed by atoms with E-state index in [2.05, 4.69) is 0 Å². The van der Waals surface area contributed by atoms with Gasteiger partial charge in [-0.3, -0.25) is 19.2 Å². The Balaban J connectivity index is 1.55. The maximum absolute atomic E-state index is 14.3. The van der Waals surface area contributed by atoms with E-state index >= 15 is 0 Å². The highest BCUT2D eigenvalue weighted by molar-refractivity contribution is 5.96. The van der Waals surface area contributed by atoms with E-state index in [9.17, 15) is 27.6 Å². The molecule has 180 valence electrons. The van der Waals surface area contributed by atoms with Crippen LogP contribution in [0.2, 0.25) is 0 Å². The second kappa shape index (κ2) is 7.95. The van der Waals surface area contributed by atoms with E-state index in [-0.39, 0.29) is 41.9 Å². The molecular weight excluding hydrogens is 453 g/mol. The number of nitrogens with zero attached hydrogens (tertiary/aromatic N) is 3. The second-order valence-corrected chi connectivity index (χ2v) is 9.21. The first-order valence-electron chi connectivity index (χ1n) is 11.0. The van der Waals surface area contributed by atoms with Gasteiger partial charge in [-0.1, -0.05) is 0 Å². The number of hydrogen-bond donors (Lipinski definition) is 1. The third kappa shape index (κ3) is 3.50. The lowest BCUT2D eigenvalue weighted by atomic mass is 9.84. The van der Waals surface area contributed by atoms with Gasteiger partial charge < -0.3 is 15.2 Å². The Morgan fingerprint density at radius 2 is 1.91 bits per heavy atom. The van der Waals surface area contributed by atoms with Crippen LogP contribution < -0.4 is 11.2 Å². The molecule has 2 N–H and O–H groups in total. The van der Waals surface area contributed by atoms with Crippen LogP contribution in [0.25, 0.3) is 0 Å². The number of rotatable bonds is 3. The van der Waals surface area contributed by atoms with Gasteiger partial charge in [-0.25, -0.2) is 13.2 Å². The Morgan fingerprint density at radius 3 is 2.59 bits per heavy atom. The van der Waals surface area contributed by atoms with Gasteiger partial charge in [-0.05, 0) is 26.2 Å². The van der Waals surface area contributed by atoms with E-state index in [1.165, 1.54) is 11.3 Å². The molecule has 4 heterocycles. The minimum atomic E-state index is -1.00. The zero-order chi connectivity index (χ0) is 24.4. The van der Waals surface area contributed by atoms with Crippen molar-refractivity contribution in [3.05, 3.63) is 68.9 Å². The lowest BCUT2D eigenvalue weighted by Crippen LogP contribution is -2.51. The number of aromatic nitrogens is 1. The predicted octanol–water partition coefficient (Wildman–Crippen LogP) is 2.12. The van der Waals surface area contributed by atoms with Crippen molar-refractivity contribution in [2.75, 3.05) is 13.1 Å². The summed E-state index contributed by atoms with van der Waals surface area (Å²) in [5.74, 6) is -4.23. The molecule has 3 aliphatic heterocycles. The molecule has 1 aromatic heterocycles. The lowest BCUT2D eigenvalue weighted by Gasteiger charge is -2.42. The summed E-state index contributed by atoms with van der Waals surface area (Å²) in [6.07, 6.45) is 2.93. The number of hydrogen-bond acceptors (Lipinski definition) is 5. The van der Waals surface area contributed by atoms with Gasteiger partial charge in [0.05, 0.1) is 12.6 Å². The van der Waals surface area contributed by atoms with Gasteiger partial charge in [0.25, 0.3) is 11.8 Å². The summed E-state index contributed by atoms with van der Waals surface area (Å²) in [5.41, 5.74) is 3.47. The monoisotopic (exact) mass is 476 g/mol. The number of hydroxylamine groups is 2. The van der Waals surface area contributed by atoms with Crippen molar-refractivity contribution in [1.82, 2.24) is 14.5 Å². The van der Waals surface area contributed by atoms with E-state index in [0.717, 1.165) is 6.07 Å². The zero-order valence-electron chi connectivity index (χ0n) is 18.4. The maximum Gasteiger partial charge on any atom is 0.270 e. The van der Waals surface area contributed by atoms with Gasteiger partial charge in [0, 0.05) is 49.1 Å². The molecule has 2 saturated heterocycles. The van der Waals surface area contributed by atoms with E-state index in [1.807, 2.05) is 6.92 Å². The molecule has 0 saturated carbocycles. The van der Waals surface area contributed by atoms with E-state index in [4.69, 9.17) is 10.6 Å². The Bertz CT molecular complexity index is 1240. The molecule has 0 aliphatic carbocycles. The normalized spacial score (nSPS) is 26.6. The number of amides is 2. The van der Waals surface area contributed by atoms with Gasteiger partial charge in [0.2, 0.25) is 0 Å². The number of halogens is 3. The van der Waals surface area contributed by atoms with Gasteiger partial charge in [0.15, 0.2) is 5.43 Å². The first kappa shape index (κ1) is 22.6. The standard InChI is InChI=1S/C23H23F3N4O4/c1-12-8-23(34-30(12)10-14-16(25)5-13(24)6-17(14)26)3-2-4-28-11-20(23)29-9-15(21(27)32)19(31)7-18(29)22(28)33/h5-7,9,12,20H,2-4,8,10-11H2,1H3,(H2,27,32). The van der Waals surface area contributed by atoms with Gasteiger partial charge in [-0.2, -0.15) is 5.06 Å². The van der Waals surface area contributed by atoms with Crippen molar-refractivity contribution in [1.29, 1.82) is 0 Å². The quantitative estimate of drug-likeness (QED) is 0.732. The molecule has 3 atom stereocenters. The number of nitrogens with two attached hydrogens (primary N) is 1. The van der Waals surface area contributed by atoms with Crippen molar-refractivity contribution < 1.29 is 27.6 Å². The average Bonchev–Trinajstić information content (AvgIpc) is 2.97. The van der Waals surface area contributed by atoms with Crippen molar-refractivity contribution in [2.24, 2.45) is 5.73 Å². The van der Waals surface area contributed by atoms with Crippen LogP contribution in [0.15, 0.2) is 29.2 Å².